The van der Waals surface area contributed by atoms with Crippen molar-refractivity contribution in [3.05, 3.63) is 101 Å². The molecule has 1 aliphatic heterocycles. The average molecular weight is 474 g/mol. The first-order chi connectivity index (χ1) is 16.9. The highest BCUT2D eigenvalue weighted by molar-refractivity contribution is 5.98. The van der Waals surface area contributed by atoms with E-state index in [9.17, 15) is 9.50 Å². The SMILES string of the molecule is CC(C)(C)C(O)Oc1ccc(/C(=C(\CCCF)c2ccccc2)c2ccc(C3CNC3)cc2)cc1. The molecule has 3 nitrogen and oxygen atoms in total. The molecular formula is C31H36FNO2. The van der Waals surface area contributed by atoms with Gasteiger partial charge in [0.2, 0.25) is 6.29 Å². The number of aliphatic hydroxyl groups excluding tert-OH is 1. The van der Waals surface area contributed by atoms with E-state index in [0.717, 1.165) is 40.9 Å². The molecule has 0 bridgehead atoms. The molecule has 0 radical (unpaired) electrons. The van der Waals surface area contributed by atoms with Crippen LogP contribution in [0.5, 0.6) is 5.75 Å². The van der Waals surface area contributed by atoms with Crippen molar-refractivity contribution in [2.24, 2.45) is 5.41 Å². The highest BCUT2D eigenvalue weighted by Crippen LogP contribution is 2.37. The fraction of sp³-hybridized carbons (Fsp3) is 0.355. The Morgan fingerprint density at radius 2 is 1.51 bits per heavy atom. The summed E-state index contributed by atoms with van der Waals surface area (Å²) < 4.78 is 19.1. The molecular weight excluding hydrogens is 437 g/mol. The average Bonchev–Trinajstić information content (AvgIpc) is 2.82. The minimum atomic E-state index is -0.902. The molecule has 1 heterocycles. The van der Waals surface area contributed by atoms with Crippen molar-refractivity contribution in [1.29, 1.82) is 0 Å². The van der Waals surface area contributed by atoms with E-state index in [1.54, 1.807) is 0 Å². The lowest BCUT2D eigenvalue weighted by Crippen LogP contribution is -2.39. The highest BCUT2D eigenvalue weighted by Gasteiger charge is 2.24. The molecule has 0 spiro atoms. The Hall–Kier alpha value is -2.95. The van der Waals surface area contributed by atoms with Gasteiger partial charge >= 0.3 is 0 Å². The maximum absolute atomic E-state index is 13.3. The third-order valence-electron chi connectivity index (χ3n) is 6.57. The van der Waals surface area contributed by atoms with E-state index in [1.165, 1.54) is 5.56 Å². The molecule has 184 valence electrons. The lowest BCUT2D eigenvalue weighted by Gasteiger charge is -2.28. The smallest absolute Gasteiger partial charge is 0.202 e. The Labute approximate surface area is 208 Å². The van der Waals surface area contributed by atoms with Crippen molar-refractivity contribution >= 4 is 11.1 Å². The third-order valence-corrected chi connectivity index (χ3v) is 6.57. The van der Waals surface area contributed by atoms with Gasteiger partial charge in [-0.3, -0.25) is 4.39 Å². The molecule has 1 fully saturated rings. The van der Waals surface area contributed by atoms with Gasteiger partial charge in [-0.15, -0.1) is 0 Å². The fourth-order valence-corrected chi connectivity index (χ4v) is 4.26. The van der Waals surface area contributed by atoms with Crippen LogP contribution in [0.25, 0.3) is 11.1 Å². The summed E-state index contributed by atoms with van der Waals surface area (Å²) in [5.41, 5.74) is 6.45. The van der Waals surface area contributed by atoms with Gasteiger partial charge in [-0.2, -0.15) is 0 Å². The van der Waals surface area contributed by atoms with Crippen LogP contribution < -0.4 is 10.1 Å². The van der Waals surface area contributed by atoms with Crippen LogP contribution in [0.1, 0.15) is 61.8 Å². The zero-order valence-electron chi connectivity index (χ0n) is 20.9. The lowest BCUT2D eigenvalue weighted by atomic mass is 9.85. The van der Waals surface area contributed by atoms with Crippen LogP contribution in [-0.2, 0) is 0 Å². The van der Waals surface area contributed by atoms with Gasteiger partial charge in [0, 0.05) is 24.4 Å². The first-order valence-electron chi connectivity index (χ1n) is 12.5. The number of hydrogen-bond donors (Lipinski definition) is 2. The summed E-state index contributed by atoms with van der Waals surface area (Å²) in [6, 6.07) is 26.9. The van der Waals surface area contributed by atoms with E-state index in [0.29, 0.717) is 24.5 Å². The predicted molar refractivity (Wildman–Crippen MR) is 142 cm³/mol. The summed E-state index contributed by atoms with van der Waals surface area (Å²) in [5.74, 6) is 1.19. The van der Waals surface area contributed by atoms with Crippen LogP contribution >= 0.6 is 0 Å². The van der Waals surface area contributed by atoms with Crippen LogP contribution in [-0.4, -0.2) is 31.2 Å². The summed E-state index contributed by atoms with van der Waals surface area (Å²) in [6.07, 6.45) is 0.213. The van der Waals surface area contributed by atoms with Crippen molar-refractivity contribution in [2.45, 2.75) is 45.8 Å². The standard InChI is InChI=1S/C31H36FNO2/c1-31(2,3)30(34)35-27-17-15-25(16-18-27)29(24-13-11-22(12-14-24)26-20-33-21-26)28(10-7-19-32)23-8-5-4-6-9-23/h4-6,8-9,11-18,26,30,33-34H,7,10,19-21H2,1-3H3/b29-28+. The summed E-state index contributed by atoms with van der Waals surface area (Å²) >= 11 is 0. The van der Waals surface area contributed by atoms with Crippen LogP contribution in [0.15, 0.2) is 78.9 Å². The maximum atomic E-state index is 13.3. The second-order valence-electron chi connectivity index (χ2n) is 10.3. The van der Waals surface area contributed by atoms with Gasteiger partial charge in [0.25, 0.3) is 0 Å². The summed E-state index contributed by atoms with van der Waals surface area (Å²) in [6.45, 7) is 7.51. The van der Waals surface area contributed by atoms with Gasteiger partial charge in [0.15, 0.2) is 0 Å². The van der Waals surface area contributed by atoms with Gasteiger partial charge in [-0.05, 0) is 58.4 Å². The Balaban J connectivity index is 1.77. The number of aliphatic hydroxyl groups is 1. The van der Waals surface area contributed by atoms with Gasteiger partial charge in [0.05, 0.1) is 6.67 Å². The van der Waals surface area contributed by atoms with Crippen molar-refractivity contribution in [1.82, 2.24) is 5.32 Å². The number of allylic oxidation sites excluding steroid dienone is 1. The minimum absolute atomic E-state index is 0.352. The molecule has 1 atom stereocenters. The zero-order valence-corrected chi connectivity index (χ0v) is 20.9. The van der Waals surface area contributed by atoms with E-state index in [2.05, 4.69) is 41.7 Å². The molecule has 3 aromatic carbocycles. The quantitative estimate of drug-likeness (QED) is 0.264. The van der Waals surface area contributed by atoms with E-state index >= 15 is 0 Å². The number of benzene rings is 3. The van der Waals surface area contributed by atoms with Crippen molar-refractivity contribution in [3.8, 4) is 5.75 Å². The topological polar surface area (TPSA) is 41.5 Å². The number of hydrogen-bond acceptors (Lipinski definition) is 3. The summed E-state index contributed by atoms with van der Waals surface area (Å²) in [5, 5.41) is 13.7. The van der Waals surface area contributed by atoms with Crippen molar-refractivity contribution in [2.75, 3.05) is 19.8 Å². The molecule has 35 heavy (non-hydrogen) atoms. The molecule has 4 rings (SSSR count). The number of ether oxygens (including phenoxy) is 1. The molecule has 0 aromatic heterocycles. The summed E-state index contributed by atoms with van der Waals surface area (Å²) in [4.78, 5) is 0. The number of nitrogens with one attached hydrogen (secondary N) is 1. The van der Waals surface area contributed by atoms with Crippen LogP contribution in [0, 0.1) is 5.41 Å². The van der Waals surface area contributed by atoms with Gasteiger partial charge < -0.3 is 15.2 Å². The van der Waals surface area contributed by atoms with Crippen molar-refractivity contribution in [3.63, 3.8) is 0 Å². The number of halogens is 1. The van der Waals surface area contributed by atoms with Gasteiger partial charge in [0.1, 0.15) is 5.75 Å². The van der Waals surface area contributed by atoms with E-state index in [4.69, 9.17) is 4.74 Å². The van der Waals surface area contributed by atoms with E-state index in [1.807, 2.05) is 63.2 Å². The van der Waals surface area contributed by atoms with Crippen LogP contribution in [0.3, 0.4) is 0 Å². The second-order valence-corrected chi connectivity index (χ2v) is 10.3. The molecule has 3 aromatic rings. The fourth-order valence-electron chi connectivity index (χ4n) is 4.26. The summed E-state index contributed by atoms with van der Waals surface area (Å²) in [7, 11) is 0. The Bertz CT molecular complexity index is 1110. The molecule has 1 unspecified atom stereocenters. The molecule has 1 aliphatic rings. The van der Waals surface area contributed by atoms with Crippen LogP contribution in [0.4, 0.5) is 4.39 Å². The molecule has 0 aliphatic carbocycles. The van der Waals surface area contributed by atoms with Gasteiger partial charge in [-0.1, -0.05) is 87.5 Å². The van der Waals surface area contributed by atoms with Crippen molar-refractivity contribution < 1.29 is 14.2 Å². The number of alkyl halides is 1. The van der Waals surface area contributed by atoms with Gasteiger partial charge in [-0.25, -0.2) is 0 Å². The third kappa shape index (κ3) is 6.19. The Morgan fingerprint density at radius 1 is 0.914 bits per heavy atom. The lowest BCUT2D eigenvalue weighted by molar-refractivity contribution is -0.0931. The molecule has 0 amide bonds. The highest BCUT2D eigenvalue weighted by atomic mass is 19.1. The maximum Gasteiger partial charge on any atom is 0.202 e. The number of rotatable bonds is 9. The van der Waals surface area contributed by atoms with Crippen LogP contribution in [0.2, 0.25) is 0 Å². The first-order valence-corrected chi connectivity index (χ1v) is 12.5. The molecule has 0 saturated carbocycles. The van der Waals surface area contributed by atoms with E-state index < -0.39 is 6.29 Å². The first kappa shape index (κ1) is 25.2. The largest absolute Gasteiger partial charge is 0.465 e. The zero-order chi connectivity index (χ0) is 24.8. The minimum Gasteiger partial charge on any atom is -0.465 e. The molecule has 4 heteroatoms. The molecule has 2 N–H and O–H groups in total. The predicted octanol–water partition coefficient (Wildman–Crippen LogP) is 6.83. The Kier molecular flexibility index (Phi) is 8.04. The molecule has 1 saturated heterocycles. The second kappa shape index (κ2) is 11.2. The Morgan fingerprint density at radius 3 is 2.03 bits per heavy atom. The normalized spacial score (nSPS) is 15.8. The monoisotopic (exact) mass is 473 g/mol. The van der Waals surface area contributed by atoms with E-state index in [-0.39, 0.29) is 12.1 Å².